The largest absolute Gasteiger partial charge is 0.469 e. The number of carbonyl (C=O) groups is 1. The van der Waals surface area contributed by atoms with Crippen LogP contribution in [0.25, 0.3) is 0 Å². The average Bonchev–Trinajstić information content (AvgIpc) is 2.43. The van der Waals surface area contributed by atoms with Gasteiger partial charge in [0, 0.05) is 0 Å². The molecule has 0 saturated heterocycles. The zero-order chi connectivity index (χ0) is 12.8. The number of ether oxygens (including phenoxy) is 1. The standard InChI is InChI=1S/C17H24O2/c1-19-16(18)8-17-7-10-3-12-11-2-9(5-14(12)17)6-15(17)13(11)4-10/h9-15H,2-8H2,1H3/t9?,10?,11?,12-,13+,14-,15+,17?. The highest BCUT2D eigenvalue weighted by Crippen LogP contribution is 2.76. The van der Waals surface area contributed by atoms with E-state index in [4.69, 9.17) is 4.74 Å². The van der Waals surface area contributed by atoms with E-state index in [2.05, 4.69) is 0 Å². The summed E-state index contributed by atoms with van der Waals surface area (Å²) in [5, 5.41) is 0. The first-order valence-corrected chi connectivity index (χ1v) is 8.28. The zero-order valence-corrected chi connectivity index (χ0v) is 11.8. The van der Waals surface area contributed by atoms with E-state index in [1.54, 1.807) is 7.11 Å². The summed E-state index contributed by atoms with van der Waals surface area (Å²) in [7, 11) is 1.57. The summed E-state index contributed by atoms with van der Waals surface area (Å²) in [6.45, 7) is 0. The number of hydrogen-bond acceptors (Lipinski definition) is 2. The molecule has 0 aromatic carbocycles. The molecule has 0 radical (unpaired) electrons. The molecular weight excluding hydrogens is 236 g/mol. The van der Waals surface area contributed by atoms with Gasteiger partial charge in [0.05, 0.1) is 13.5 Å². The number of rotatable bonds is 2. The third-order valence-electron chi connectivity index (χ3n) is 7.97. The van der Waals surface area contributed by atoms with Crippen LogP contribution >= 0.6 is 0 Å². The van der Waals surface area contributed by atoms with Crippen LogP contribution in [0.5, 0.6) is 0 Å². The van der Waals surface area contributed by atoms with Crippen LogP contribution in [-0.4, -0.2) is 13.1 Å². The maximum atomic E-state index is 12.0. The SMILES string of the molecule is COC(=O)CC12CC3C[C@@H]4C5CC(C[C@H]41)C[C@H]2[C@H]5C3. The lowest BCUT2D eigenvalue weighted by molar-refractivity contribution is -0.258. The number of hydrogen-bond donors (Lipinski definition) is 0. The molecule has 7 aliphatic rings. The number of carbonyl (C=O) groups excluding carboxylic acids is 1. The molecule has 0 N–H and O–H groups in total. The van der Waals surface area contributed by atoms with Crippen molar-refractivity contribution >= 4 is 5.97 Å². The summed E-state index contributed by atoms with van der Waals surface area (Å²) in [5.41, 5.74) is 0.372. The molecule has 104 valence electrons. The Morgan fingerprint density at radius 2 is 1.63 bits per heavy atom. The topological polar surface area (TPSA) is 26.3 Å². The quantitative estimate of drug-likeness (QED) is 0.712. The van der Waals surface area contributed by atoms with Gasteiger partial charge in [-0.1, -0.05) is 0 Å². The molecule has 0 heterocycles. The molecule has 0 aromatic heterocycles. The minimum absolute atomic E-state index is 0.0625. The normalized spacial score (nSPS) is 59.7. The van der Waals surface area contributed by atoms with Crippen LogP contribution in [0.15, 0.2) is 0 Å². The smallest absolute Gasteiger partial charge is 0.306 e. The Morgan fingerprint density at radius 3 is 2.26 bits per heavy atom. The molecular formula is C17H24O2. The lowest BCUT2D eigenvalue weighted by atomic mass is 9.30. The van der Waals surface area contributed by atoms with Crippen LogP contribution in [0.1, 0.15) is 44.9 Å². The van der Waals surface area contributed by atoms with E-state index < -0.39 is 0 Å². The van der Waals surface area contributed by atoms with Gasteiger partial charge in [-0.05, 0) is 85.4 Å². The average molecular weight is 260 g/mol. The van der Waals surface area contributed by atoms with Gasteiger partial charge in [-0.3, -0.25) is 4.79 Å². The second-order valence-corrected chi connectivity index (χ2v) is 8.31. The summed E-state index contributed by atoms with van der Waals surface area (Å²) >= 11 is 0. The summed E-state index contributed by atoms with van der Waals surface area (Å²) in [6.07, 6.45) is 9.49. The van der Waals surface area contributed by atoms with Crippen molar-refractivity contribution in [3.63, 3.8) is 0 Å². The number of esters is 1. The lowest BCUT2D eigenvalue weighted by Crippen LogP contribution is -2.68. The van der Waals surface area contributed by atoms with Crippen molar-refractivity contribution in [3.8, 4) is 0 Å². The van der Waals surface area contributed by atoms with Gasteiger partial charge in [0.25, 0.3) is 0 Å². The van der Waals surface area contributed by atoms with Gasteiger partial charge in [0.1, 0.15) is 0 Å². The van der Waals surface area contributed by atoms with Gasteiger partial charge in [-0.15, -0.1) is 0 Å². The summed E-state index contributed by atoms with van der Waals surface area (Å²) < 4.78 is 5.05. The van der Waals surface area contributed by atoms with E-state index in [1.165, 1.54) is 38.5 Å². The highest BCUT2D eigenvalue weighted by Gasteiger charge is 2.70. The first-order valence-electron chi connectivity index (χ1n) is 8.28. The van der Waals surface area contributed by atoms with E-state index in [0.29, 0.717) is 5.41 Å². The second-order valence-electron chi connectivity index (χ2n) is 8.31. The van der Waals surface area contributed by atoms with Gasteiger partial charge >= 0.3 is 5.97 Å². The van der Waals surface area contributed by atoms with Crippen molar-refractivity contribution in [1.82, 2.24) is 0 Å². The Hall–Kier alpha value is -0.530. The van der Waals surface area contributed by atoms with Crippen LogP contribution in [0.3, 0.4) is 0 Å². The van der Waals surface area contributed by atoms with Crippen LogP contribution in [0, 0.1) is 46.8 Å². The van der Waals surface area contributed by atoms with E-state index in [9.17, 15) is 4.79 Å². The number of methoxy groups -OCH3 is 1. The molecule has 7 fully saturated rings. The Balaban J connectivity index is 1.60. The highest BCUT2D eigenvalue weighted by molar-refractivity contribution is 5.70. The lowest BCUT2D eigenvalue weighted by Gasteiger charge is -2.74. The third kappa shape index (κ3) is 1.18. The molecule has 0 aliphatic heterocycles. The van der Waals surface area contributed by atoms with E-state index >= 15 is 0 Å². The van der Waals surface area contributed by atoms with Gasteiger partial charge in [-0.25, -0.2) is 0 Å². The van der Waals surface area contributed by atoms with Gasteiger partial charge < -0.3 is 4.74 Å². The Bertz CT molecular complexity index is 419. The molecule has 19 heavy (non-hydrogen) atoms. The fraction of sp³-hybridized carbons (Fsp3) is 0.941. The molecule has 8 atom stereocenters. The molecule has 0 spiro atoms. The predicted molar refractivity (Wildman–Crippen MR) is 71.2 cm³/mol. The molecule has 4 unspecified atom stereocenters. The fourth-order valence-electron chi connectivity index (χ4n) is 7.83. The van der Waals surface area contributed by atoms with Crippen molar-refractivity contribution < 1.29 is 9.53 Å². The minimum atomic E-state index is 0.0625. The maximum Gasteiger partial charge on any atom is 0.306 e. The maximum absolute atomic E-state index is 12.0. The molecule has 0 amide bonds. The highest BCUT2D eigenvalue weighted by atomic mass is 16.5. The third-order valence-corrected chi connectivity index (χ3v) is 7.97. The first-order chi connectivity index (χ1) is 9.21. The van der Waals surface area contributed by atoms with Gasteiger partial charge in [0.2, 0.25) is 0 Å². The van der Waals surface area contributed by atoms with Crippen LogP contribution in [-0.2, 0) is 9.53 Å². The van der Waals surface area contributed by atoms with E-state index in [1.807, 2.05) is 0 Å². The molecule has 7 saturated carbocycles. The van der Waals surface area contributed by atoms with E-state index in [0.717, 1.165) is 47.8 Å². The second kappa shape index (κ2) is 3.38. The van der Waals surface area contributed by atoms with Crippen molar-refractivity contribution in [2.24, 2.45) is 46.8 Å². The van der Waals surface area contributed by atoms with Gasteiger partial charge in [-0.2, -0.15) is 0 Å². The zero-order valence-electron chi connectivity index (χ0n) is 11.8. The van der Waals surface area contributed by atoms with Crippen molar-refractivity contribution in [1.29, 1.82) is 0 Å². The molecule has 8 bridgehead atoms. The predicted octanol–water partition coefficient (Wildman–Crippen LogP) is 3.26. The first kappa shape index (κ1) is 11.2. The molecule has 7 rings (SSSR count). The van der Waals surface area contributed by atoms with Gasteiger partial charge in [0.15, 0.2) is 0 Å². The summed E-state index contributed by atoms with van der Waals surface area (Å²) in [5.74, 6) is 6.78. The Kier molecular flexibility index (Phi) is 1.98. The monoisotopic (exact) mass is 260 g/mol. The Morgan fingerprint density at radius 1 is 1.00 bits per heavy atom. The van der Waals surface area contributed by atoms with Crippen LogP contribution in [0.4, 0.5) is 0 Å². The minimum Gasteiger partial charge on any atom is -0.469 e. The fourth-order valence-corrected chi connectivity index (χ4v) is 7.83. The van der Waals surface area contributed by atoms with E-state index in [-0.39, 0.29) is 5.97 Å². The van der Waals surface area contributed by atoms with Crippen molar-refractivity contribution in [2.75, 3.05) is 7.11 Å². The molecule has 7 aliphatic carbocycles. The Labute approximate surface area is 115 Å². The van der Waals surface area contributed by atoms with Crippen LogP contribution < -0.4 is 0 Å². The summed E-state index contributed by atoms with van der Waals surface area (Å²) in [6, 6.07) is 0. The summed E-state index contributed by atoms with van der Waals surface area (Å²) in [4.78, 5) is 12.0. The van der Waals surface area contributed by atoms with Crippen molar-refractivity contribution in [2.45, 2.75) is 44.9 Å². The molecule has 2 nitrogen and oxygen atoms in total. The molecule has 0 aromatic rings. The van der Waals surface area contributed by atoms with Crippen molar-refractivity contribution in [3.05, 3.63) is 0 Å². The van der Waals surface area contributed by atoms with Crippen LogP contribution in [0.2, 0.25) is 0 Å². The molecule has 2 heteroatoms.